The second-order valence-electron chi connectivity index (χ2n) is 8.18. The number of thioether (sulfide) groups is 1. The molecule has 33 heavy (non-hydrogen) atoms. The van der Waals surface area contributed by atoms with E-state index < -0.39 is 0 Å². The molecule has 0 N–H and O–H groups in total. The lowest BCUT2D eigenvalue weighted by molar-refractivity contribution is -0.129. The molecule has 0 saturated carbocycles. The molecule has 0 aliphatic carbocycles. The van der Waals surface area contributed by atoms with Crippen molar-refractivity contribution in [2.24, 2.45) is 0 Å². The fourth-order valence-corrected chi connectivity index (χ4v) is 6.36. The fraction of sp³-hybridized carbons (Fsp3) is 0.269. The number of amides is 1. The first-order valence-corrected chi connectivity index (χ1v) is 13.0. The third kappa shape index (κ3) is 4.35. The SMILES string of the molecule is Cc1sc2nc(SCC(=O)N3CCCCC3)n(-c3ccccc3)c(=O)c2c1-c1ccccc1. The van der Waals surface area contributed by atoms with Crippen LogP contribution in [0.5, 0.6) is 0 Å². The summed E-state index contributed by atoms with van der Waals surface area (Å²) >= 11 is 2.89. The number of rotatable bonds is 5. The molecule has 0 unspecified atom stereocenters. The second-order valence-corrected chi connectivity index (χ2v) is 10.3. The number of carbonyl (C=O) groups excluding carboxylic acids is 1. The summed E-state index contributed by atoms with van der Waals surface area (Å²) in [6, 6.07) is 19.6. The highest BCUT2D eigenvalue weighted by atomic mass is 32.2. The predicted octanol–water partition coefficient (Wildman–Crippen LogP) is 5.53. The Morgan fingerprint density at radius 2 is 1.67 bits per heavy atom. The molecule has 1 aliphatic rings. The summed E-state index contributed by atoms with van der Waals surface area (Å²) in [5, 5.41) is 1.20. The van der Waals surface area contributed by atoms with E-state index in [1.54, 1.807) is 4.57 Å². The van der Waals surface area contributed by atoms with Crippen molar-refractivity contribution in [2.75, 3.05) is 18.8 Å². The van der Waals surface area contributed by atoms with Crippen molar-refractivity contribution in [3.8, 4) is 16.8 Å². The molecule has 7 heteroatoms. The summed E-state index contributed by atoms with van der Waals surface area (Å²) in [5.41, 5.74) is 2.62. The third-order valence-electron chi connectivity index (χ3n) is 5.98. The van der Waals surface area contributed by atoms with E-state index in [9.17, 15) is 9.59 Å². The average Bonchev–Trinajstić information content (AvgIpc) is 3.20. The van der Waals surface area contributed by atoms with Gasteiger partial charge >= 0.3 is 0 Å². The van der Waals surface area contributed by atoms with Gasteiger partial charge in [-0.15, -0.1) is 11.3 Å². The van der Waals surface area contributed by atoms with E-state index in [0.717, 1.165) is 52.5 Å². The zero-order valence-corrected chi connectivity index (χ0v) is 20.1. The standard InChI is InChI=1S/C26H25N3O2S2/c1-18-22(19-11-5-2-6-12-19)23-24(33-18)27-26(29(25(23)31)20-13-7-3-8-14-20)32-17-21(30)28-15-9-4-10-16-28/h2-3,5-8,11-14H,4,9-10,15-17H2,1H3. The molecule has 0 bridgehead atoms. The Morgan fingerprint density at radius 1 is 1.00 bits per heavy atom. The number of fused-ring (bicyclic) bond motifs is 1. The van der Waals surface area contributed by atoms with Gasteiger partial charge in [-0.3, -0.25) is 14.2 Å². The molecule has 5 rings (SSSR count). The zero-order chi connectivity index (χ0) is 22.8. The van der Waals surface area contributed by atoms with Gasteiger partial charge in [0, 0.05) is 23.5 Å². The van der Waals surface area contributed by atoms with Gasteiger partial charge in [0.15, 0.2) is 5.16 Å². The van der Waals surface area contributed by atoms with Crippen molar-refractivity contribution in [1.82, 2.24) is 14.5 Å². The second kappa shape index (κ2) is 9.53. The molecule has 2 aromatic carbocycles. The quantitative estimate of drug-likeness (QED) is 0.281. The molecule has 3 heterocycles. The summed E-state index contributed by atoms with van der Waals surface area (Å²) in [4.78, 5) is 35.4. The lowest BCUT2D eigenvalue weighted by Gasteiger charge is -2.26. The van der Waals surface area contributed by atoms with Crippen LogP contribution < -0.4 is 5.56 Å². The number of hydrogen-bond donors (Lipinski definition) is 0. The minimum absolute atomic E-state index is 0.0951. The predicted molar refractivity (Wildman–Crippen MR) is 137 cm³/mol. The van der Waals surface area contributed by atoms with Crippen LogP contribution in [0.3, 0.4) is 0 Å². The van der Waals surface area contributed by atoms with Crippen LogP contribution in [-0.4, -0.2) is 39.2 Å². The Labute approximate surface area is 201 Å². The molecule has 4 aromatic rings. The van der Waals surface area contributed by atoms with Crippen molar-refractivity contribution in [3.05, 3.63) is 75.9 Å². The highest BCUT2D eigenvalue weighted by Gasteiger charge is 2.22. The number of benzene rings is 2. The highest BCUT2D eigenvalue weighted by molar-refractivity contribution is 7.99. The van der Waals surface area contributed by atoms with Crippen LogP contribution in [0.2, 0.25) is 0 Å². The largest absolute Gasteiger partial charge is 0.342 e. The lowest BCUT2D eigenvalue weighted by atomic mass is 10.0. The highest BCUT2D eigenvalue weighted by Crippen LogP contribution is 2.37. The number of carbonyl (C=O) groups is 1. The molecule has 168 valence electrons. The molecule has 1 fully saturated rings. The summed E-state index contributed by atoms with van der Waals surface area (Å²) in [6.07, 6.45) is 3.31. The number of para-hydroxylation sites is 1. The van der Waals surface area contributed by atoms with E-state index >= 15 is 0 Å². The average molecular weight is 476 g/mol. The van der Waals surface area contributed by atoms with Gasteiger partial charge < -0.3 is 4.90 Å². The number of piperidine rings is 1. The molecular formula is C26H25N3O2S2. The fourth-order valence-electron chi connectivity index (χ4n) is 4.36. The van der Waals surface area contributed by atoms with Crippen molar-refractivity contribution < 1.29 is 4.79 Å². The molecule has 1 aliphatic heterocycles. The minimum Gasteiger partial charge on any atom is -0.342 e. The van der Waals surface area contributed by atoms with Crippen LogP contribution in [0.15, 0.2) is 70.6 Å². The number of nitrogens with zero attached hydrogens (tertiary/aromatic N) is 3. The maximum atomic E-state index is 13.9. The van der Waals surface area contributed by atoms with Crippen molar-refractivity contribution in [3.63, 3.8) is 0 Å². The number of aromatic nitrogens is 2. The molecule has 2 aromatic heterocycles. The van der Waals surface area contributed by atoms with E-state index in [4.69, 9.17) is 4.98 Å². The van der Waals surface area contributed by atoms with Gasteiger partial charge in [-0.05, 0) is 43.9 Å². The van der Waals surface area contributed by atoms with Gasteiger partial charge in [-0.2, -0.15) is 0 Å². The summed E-state index contributed by atoms with van der Waals surface area (Å²) in [6.45, 7) is 3.68. The minimum atomic E-state index is -0.0951. The summed E-state index contributed by atoms with van der Waals surface area (Å²) in [7, 11) is 0. The molecule has 1 amide bonds. The first-order chi connectivity index (χ1) is 16.1. The Bertz CT molecular complexity index is 1340. The van der Waals surface area contributed by atoms with Gasteiger partial charge in [-0.25, -0.2) is 4.98 Å². The van der Waals surface area contributed by atoms with E-state index in [-0.39, 0.29) is 17.2 Å². The molecule has 0 spiro atoms. The Morgan fingerprint density at radius 3 is 2.36 bits per heavy atom. The van der Waals surface area contributed by atoms with Crippen LogP contribution in [0.25, 0.3) is 27.0 Å². The first kappa shape index (κ1) is 21.9. The van der Waals surface area contributed by atoms with E-state index in [1.165, 1.54) is 29.5 Å². The number of aryl methyl sites for hydroxylation is 1. The van der Waals surface area contributed by atoms with Crippen LogP contribution in [0.1, 0.15) is 24.1 Å². The van der Waals surface area contributed by atoms with Crippen LogP contribution in [-0.2, 0) is 4.79 Å². The molecule has 1 saturated heterocycles. The molecule has 0 atom stereocenters. The van der Waals surface area contributed by atoms with Gasteiger partial charge in [-0.1, -0.05) is 60.3 Å². The summed E-state index contributed by atoms with van der Waals surface area (Å²) < 4.78 is 1.66. The Kier molecular flexibility index (Phi) is 6.33. The van der Waals surface area contributed by atoms with E-state index in [1.807, 2.05) is 72.5 Å². The third-order valence-corrected chi connectivity index (χ3v) is 7.90. The van der Waals surface area contributed by atoms with Crippen molar-refractivity contribution in [2.45, 2.75) is 31.3 Å². The van der Waals surface area contributed by atoms with Gasteiger partial charge in [0.2, 0.25) is 5.91 Å². The summed E-state index contributed by atoms with van der Waals surface area (Å²) in [5.74, 6) is 0.390. The van der Waals surface area contributed by atoms with Crippen LogP contribution in [0, 0.1) is 6.92 Å². The zero-order valence-electron chi connectivity index (χ0n) is 18.5. The first-order valence-electron chi connectivity index (χ1n) is 11.2. The van der Waals surface area contributed by atoms with Crippen molar-refractivity contribution in [1.29, 1.82) is 0 Å². The number of likely N-dealkylation sites (tertiary alicyclic amines) is 1. The van der Waals surface area contributed by atoms with Crippen molar-refractivity contribution >= 4 is 39.2 Å². The maximum absolute atomic E-state index is 13.9. The van der Waals surface area contributed by atoms with E-state index in [0.29, 0.717) is 10.5 Å². The normalized spacial score (nSPS) is 14.0. The van der Waals surface area contributed by atoms with E-state index in [2.05, 4.69) is 0 Å². The molecule has 5 nitrogen and oxygen atoms in total. The Balaban J connectivity index is 1.61. The molecular weight excluding hydrogens is 450 g/mol. The van der Waals surface area contributed by atoms with Gasteiger partial charge in [0.1, 0.15) is 4.83 Å². The Hall–Kier alpha value is -2.90. The van der Waals surface area contributed by atoms with Crippen LogP contribution >= 0.6 is 23.1 Å². The number of hydrogen-bond acceptors (Lipinski definition) is 5. The maximum Gasteiger partial charge on any atom is 0.268 e. The topological polar surface area (TPSA) is 55.2 Å². The van der Waals surface area contributed by atoms with Crippen LogP contribution in [0.4, 0.5) is 0 Å². The number of thiophene rings is 1. The molecule has 0 radical (unpaired) electrons. The van der Waals surface area contributed by atoms with Gasteiger partial charge in [0.05, 0.1) is 16.8 Å². The monoisotopic (exact) mass is 475 g/mol. The van der Waals surface area contributed by atoms with Gasteiger partial charge in [0.25, 0.3) is 5.56 Å². The lowest BCUT2D eigenvalue weighted by Crippen LogP contribution is -2.36. The smallest absolute Gasteiger partial charge is 0.268 e.